The number of hydrogen-bond donors (Lipinski definition) is 2. The van der Waals surface area contributed by atoms with Crippen molar-refractivity contribution in [1.29, 1.82) is 0 Å². The molecule has 0 amide bonds. The van der Waals surface area contributed by atoms with Gasteiger partial charge in [-0.2, -0.15) is 0 Å². The third-order valence-electron chi connectivity index (χ3n) is 4.18. The summed E-state index contributed by atoms with van der Waals surface area (Å²) in [6.45, 7) is 6.20. The fraction of sp³-hybridized carbons (Fsp3) is 0.350. The predicted octanol–water partition coefficient (Wildman–Crippen LogP) is 4.65. The summed E-state index contributed by atoms with van der Waals surface area (Å²) in [6, 6.07) is 9.46. The smallest absolute Gasteiger partial charge is 0.325 e. The van der Waals surface area contributed by atoms with Crippen molar-refractivity contribution in [2.75, 3.05) is 19.0 Å². The normalized spacial score (nSPS) is 10.8. The lowest BCUT2D eigenvalue weighted by Crippen LogP contribution is -2.15. The third kappa shape index (κ3) is 4.89. The molecule has 0 bridgehead atoms. The van der Waals surface area contributed by atoms with E-state index in [0.717, 1.165) is 27.9 Å². The summed E-state index contributed by atoms with van der Waals surface area (Å²) in [7, 11) is 1.36. The lowest BCUT2D eigenvalue weighted by Gasteiger charge is -2.14. The first kappa shape index (κ1) is 19.1. The Morgan fingerprint density at radius 3 is 2.60 bits per heavy atom. The molecule has 0 saturated carbocycles. The average Bonchev–Trinajstić information content (AvgIpc) is 2.57. The minimum atomic E-state index is -0.330. The molecule has 0 unspecified atom stereocenters. The van der Waals surface area contributed by atoms with Gasteiger partial charge in [-0.05, 0) is 59.7 Å². The summed E-state index contributed by atoms with van der Waals surface area (Å²) in [4.78, 5) is 11.2. The van der Waals surface area contributed by atoms with Gasteiger partial charge in [-0.3, -0.25) is 4.79 Å². The molecule has 5 heteroatoms. The number of phenolic OH excluding ortho intramolecular Hbond substituents is 1. The zero-order valence-electron chi connectivity index (χ0n) is 15.0. The van der Waals surface area contributed by atoms with E-state index >= 15 is 0 Å². The second-order valence-corrected chi connectivity index (χ2v) is 6.82. The number of aromatic hydroxyl groups is 1. The number of carbonyl (C=O) groups is 1. The van der Waals surface area contributed by atoms with Crippen molar-refractivity contribution in [2.24, 2.45) is 0 Å². The molecule has 2 N–H and O–H groups in total. The van der Waals surface area contributed by atoms with E-state index < -0.39 is 0 Å². The summed E-state index contributed by atoms with van der Waals surface area (Å²) >= 11 is 6.46. The Morgan fingerprint density at radius 2 is 2.00 bits per heavy atom. The van der Waals surface area contributed by atoms with Crippen molar-refractivity contribution in [1.82, 2.24) is 0 Å². The molecule has 2 rings (SSSR count). The second-order valence-electron chi connectivity index (χ2n) is 6.41. The van der Waals surface area contributed by atoms with Crippen LogP contribution < -0.4 is 5.32 Å². The van der Waals surface area contributed by atoms with Crippen LogP contribution in [0, 0.1) is 6.92 Å². The minimum absolute atomic E-state index is 0.0985. The maximum absolute atomic E-state index is 11.2. The van der Waals surface area contributed by atoms with Crippen molar-refractivity contribution >= 4 is 23.3 Å². The summed E-state index contributed by atoms with van der Waals surface area (Å²) in [5, 5.41) is 13.6. The van der Waals surface area contributed by atoms with Gasteiger partial charge in [0.2, 0.25) is 0 Å². The Morgan fingerprint density at radius 1 is 1.28 bits per heavy atom. The molecule has 134 valence electrons. The molecule has 0 saturated heterocycles. The minimum Gasteiger partial charge on any atom is -0.508 e. The molecule has 2 aromatic rings. The summed E-state index contributed by atoms with van der Waals surface area (Å²) in [5.74, 6) is 0.244. The van der Waals surface area contributed by atoms with E-state index in [9.17, 15) is 9.90 Å². The van der Waals surface area contributed by atoms with Gasteiger partial charge in [0.1, 0.15) is 12.3 Å². The van der Waals surface area contributed by atoms with Crippen LogP contribution in [0.5, 0.6) is 5.75 Å². The van der Waals surface area contributed by atoms with Gasteiger partial charge in [0.15, 0.2) is 0 Å². The lowest BCUT2D eigenvalue weighted by molar-refractivity contribution is -0.138. The topological polar surface area (TPSA) is 58.6 Å². The highest BCUT2D eigenvalue weighted by molar-refractivity contribution is 6.31. The zero-order chi connectivity index (χ0) is 18.6. The van der Waals surface area contributed by atoms with E-state index in [1.54, 1.807) is 6.07 Å². The largest absolute Gasteiger partial charge is 0.508 e. The Labute approximate surface area is 153 Å². The summed E-state index contributed by atoms with van der Waals surface area (Å²) < 4.78 is 4.62. The second kappa shape index (κ2) is 8.26. The molecule has 0 aliphatic rings. The van der Waals surface area contributed by atoms with Crippen molar-refractivity contribution in [2.45, 2.75) is 33.1 Å². The lowest BCUT2D eigenvalue weighted by atomic mass is 9.95. The highest BCUT2D eigenvalue weighted by Crippen LogP contribution is 2.30. The van der Waals surface area contributed by atoms with E-state index in [1.165, 1.54) is 7.11 Å². The molecule has 0 aromatic heterocycles. The number of phenols is 1. The fourth-order valence-corrected chi connectivity index (χ4v) is 3.06. The molecule has 0 spiro atoms. The molecule has 0 fully saturated rings. The van der Waals surface area contributed by atoms with Gasteiger partial charge in [-0.1, -0.05) is 37.6 Å². The monoisotopic (exact) mass is 361 g/mol. The molecule has 0 aliphatic heterocycles. The highest BCUT2D eigenvalue weighted by atomic mass is 35.5. The van der Waals surface area contributed by atoms with Crippen molar-refractivity contribution in [3.05, 3.63) is 57.6 Å². The van der Waals surface area contributed by atoms with Crippen LogP contribution in [0.15, 0.2) is 30.3 Å². The molecule has 0 atom stereocenters. The van der Waals surface area contributed by atoms with Gasteiger partial charge in [0.05, 0.1) is 7.11 Å². The van der Waals surface area contributed by atoms with Crippen LogP contribution in [0.4, 0.5) is 5.69 Å². The summed E-state index contributed by atoms with van der Waals surface area (Å²) in [6.07, 6.45) is 0.682. The van der Waals surface area contributed by atoms with Gasteiger partial charge < -0.3 is 15.2 Å². The fourth-order valence-electron chi connectivity index (χ4n) is 2.73. The number of ether oxygens (including phenoxy) is 1. The third-order valence-corrected chi connectivity index (χ3v) is 4.52. The molecule has 0 aliphatic carbocycles. The average molecular weight is 362 g/mol. The van der Waals surface area contributed by atoms with Gasteiger partial charge in [-0.15, -0.1) is 0 Å². The standard InChI is InChI=1S/C20H24ClNO3/c1-12(2)16-8-14(5-6-19(16)23)9-17-13(3)7-15(10-18(17)21)22-11-20(24)25-4/h5-8,10,12,22-23H,9,11H2,1-4H3. The number of methoxy groups -OCH3 is 1. The first-order chi connectivity index (χ1) is 11.8. The number of benzene rings is 2. The van der Waals surface area contributed by atoms with E-state index in [0.29, 0.717) is 17.2 Å². The van der Waals surface area contributed by atoms with E-state index in [2.05, 4.69) is 23.9 Å². The van der Waals surface area contributed by atoms with Crippen LogP contribution in [0.1, 0.15) is 42.0 Å². The number of rotatable bonds is 6. The molecule has 4 nitrogen and oxygen atoms in total. The van der Waals surface area contributed by atoms with Crippen molar-refractivity contribution < 1.29 is 14.6 Å². The number of anilines is 1. The Kier molecular flexibility index (Phi) is 6.32. The van der Waals surface area contributed by atoms with Gasteiger partial charge >= 0.3 is 5.97 Å². The van der Waals surface area contributed by atoms with Crippen LogP contribution >= 0.6 is 11.6 Å². The zero-order valence-corrected chi connectivity index (χ0v) is 15.8. The van der Waals surface area contributed by atoms with Gasteiger partial charge in [-0.25, -0.2) is 0 Å². The maximum atomic E-state index is 11.2. The first-order valence-corrected chi connectivity index (χ1v) is 8.61. The number of esters is 1. The molecular weight excluding hydrogens is 338 g/mol. The summed E-state index contributed by atoms with van der Waals surface area (Å²) in [5.41, 5.74) is 4.89. The van der Waals surface area contributed by atoms with Crippen LogP contribution in [0.25, 0.3) is 0 Å². The Hall–Kier alpha value is -2.20. The van der Waals surface area contributed by atoms with Crippen molar-refractivity contribution in [3.8, 4) is 5.75 Å². The van der Waals surface area contributed by atoms with Crippen molar-refractivity contribution in [3.63, 3.8) is 0 Å². The van der Waals surface area contributed by atoms with Crippen LogP contribution in [-0.4, -0.2) is 24.7 Å². The molecule has 0 radical (unpaired) electrons. The number of aryl methyl sites for hydroxylation is 1. The number of hydrogen-bond acceptors (Lipinski definition) is 4. The van der Waals surface area contributed by atoms with Crippen LogP contribution in [0.3, 0.4) is 0 Å². The molecule has 2 aromatic carbocycles. The van der Waals surface area contributed by atoms with E-state index in [-0.39, 0.29) is 18.4 Å². The molecule has 25 heavy (non-hydrogen) atoms. The number of nitrogens with one attached hydrogen (secondary N) is 1. The number of halogens is 1. The molecule has 0 heterocycles. The first-order valence-electron chi connectivity index (χ1n) is 8.23. The quantitative estimate of drug-likeness (QED) is 0.735. The highest BCUT2D eigenvalue weighted by Gasteiger charge is 2.12. The Bertz CT molecular complexity index is 749. The van der Waals surface area contributed by atoms with E-state index in [4.69, 9.17) is 11.6 Å². The maximum Gasteiger partial charge on any atom is 0.325 e. The number of carbonyl (C=O) groups excluding carboxylic acids is 1. The van der Waals surface area contributed by atoms with Gasteiger partial charge in [0.25, 0.3) is 0 Å². The molecular formula is C20H24ClNO3. The van der Waals surface area contributed by atoms with E-state index in [1.807, 2.05) is 31.2 Å². The van der Waals surface area contributed by atoms with Crippen LogP contribution in [0.2, 0.25) is 5.02 Å². The SMILES string of the molecule is COC(=O)CNc1cc(C)c(Cc2ccc(O)c(C(C)C)c2)c(Cl)c1. The van der Waals surface area contributed by atoms with Gasteiger partial charge in [0, 0.05) is 10.7 Å². The Balaban J connectivity index is 2.23. The van der Waals surface area contributed by atoms with Crippen LogP contribution in [-0.2, 0) is 16.0 Å². The predicted molar refractivity (Wildman–Crippen MR) is 102 cm³/mol.